The maximum Gasteiger partial charge on any atom is 0.159 e. The van der Waals surface area contributed by atoms with Crippen LogP contribution in [0.4, 0.5) is 8.78 Å². The summed E-state index contributed by atoms with van der Waals surface area (Å²) >= 11 is 0. The van der Waals surface area contributed by atoms with Crippen molar-refractivity contribution in [1.82, 2.24) is 5.32 Å². The Morgan fingerprint density at radius 1 is 1.00 bits per heavy atom. The van der Waals surface area contributed by atoms with E-state index in [-0.39, 0.29) is 6.04 Å². The highest BCUT2D eigenvalue weighted by atomic mass is 19.2. The minimum atomic E-state index is -0.861. The Bertz CT molecular complexity index is 560. The Kier molecular flexibility index (Phi) is 4.82. The highest BCUT2D eigenvalue weighted by Crippen LogP contribution is 2.17. The Labute approximate surface area is 117 Å². The number of hydrogen-bond acceptors (Lipinski definition) is 2. The topological polar surface area (TPSA) is 32.3 Å². The molecule has 0 fully saturated rings. The van der Waals surface area contributed by atoms with Crippen LogP contribution in [0.25, 0.3) is 0 Å². The Morgan fingerprint density at radius 3 is 2.35 bits per heavy atom. The first-order valence-electron chi connectivity index (χ1n) is 6.49. The van der Waals surface area contributed by atoms with Crippen LogP contribution in [0, 0.1) is 11.6 Å². The van der Waals surface area contributed by atoms with Crippen LogP contribution >= 0.6 is 0 Å². The van der Waals surface area contributed by atoms with E-state index in [1.54, 1.807) is 0 Å². The Balaban J connectivity index is 1.95. The molecule has 0 heterocycles. The summed E-state index contributed by atoms with van der Waals surface area (Å²) in [5, 5.41) is 13.1. The third-order valence-electron chi connectivity index (χ3n) is 3.25. The van der Waals surface area contributed by atoms with E-state index in [2.05, 4.69) is 5.32 Å². The minimum Gasteiger partial charge on any atom is -0.387 e. The fraction of sp³-hybridized carbons (Fsp3) is 0.250. The van der Waals surface area contributed by atoms with Crippen LogP contribution in [-0.2, 0) is 0 Å². The average Bonchev–Trinajstić information content (AvgIpc) is 2.48. The molecule has 0 spiro atoms. The zero-order chi connectivity index (χ0) is 14.5. The second kappa shape index (κ2) is 6.59. The van der Waals surface area contributed by atoms with Gasteiger partial charge < -0.3 is 10.4 Å². The molecule has 2 N–H and O–H groups in total. The number of halogens is 2. The molecule has 0 aliphatic carbocycles. The molecule has 2 unspecified atom stereocenters. The lowest BCUT2D eigenvalue weighted by Gasteiger charge is -2.18. The highest BCUT2D eigenvalue weighted by Gasteiger charge is 2.12. The van der Waals surface area contributed by atoms with Gasteiger partial charge in [0.15, 0.2) is 11.6 Å². The molecule has 2 nitrogen and oxygen atoms in total. The molecule has 20 heavy (non-hydrogen) atoms. The fourth-order valence-corrected chi connectivity index (χ4v) is 1.98. The Hall–Kier alpha value is -1.78. The van der Waals surface area contributed by atoms with Crippen LogP contribution in [0.5, 0.6) is 0 Å². The lowest BCUT2D eigenvalue weighted by atomic mass is 10.1. The van der Waals surface area contributed by atoms with Crippen molar-refractivity contribution in [2.24, 2.45) is 0 Å². The summed E-state index contributed by atoms with van der Waals surface area (Å²) < 4.78 is 26.0. The summed E-state index contributed by atoms with van der Waals surface area (Å²) in [6.45, 7) is 2.18. The molecular formula is C16H17F2NO. The van der Waals surface area contributed by atoms with Gasteiger partial charge in [-0.05, 0) is 30.2 Å². The summed E-state index contributed by atoms with van der Waals surface area (Å²) in [7, 11) is 0. The first-order chi connectivity index (χ1) is 9.58. The predicted octanol–water partition coefficient (Wildman–Crippen LogP) is 3.35. The molecule has 4 heteroatoms. The summed E-state index contributed by atoms with van der Waals surface area (Å²) in [6, 6.07) is 12.9. The summed E-state index contributed by atoms with van der Waals surface area (Å²) in [4.78, 5) is 0. The van der Waals surface area contributed by atoms with Crippen LogP contribution in [0.2, 0.25) is 0 Å². The maximum absolute atomic E-state index is 13.2. The van der Waals surface area contributed by atoms with Crippen molar-refractivity contribution < 1.29 is 13.9 Å². The molecule has 0 radical (unpaired) electrons. The largest absolute Gasteiger partial charge is 0.387 e. The van der Waals surface area contributed by atoms with Gasteiger partial charge in [0.25, 0.3) is 0 Å². The molecule has 0 bridgehead atoms. The molecule has 106 valence electrons. The third kappa shape index (κ3) is 3.62. The van der Waals surface area contributed by atoms with Gasteiger partial charge in [-0.1, -0.05) is 36.4 Å². The molecule has 0 aromatic heterocycles. The van der Waals surface area contributed by atoms with Crippen LogP contribution in [0.3, 0.4) is 0 Å². The number of benzene rings is 2. The first-order valence-corrected chi connectivity index (χ1v) is 6.49. The SMILES string of the molecule is CC(NCC(O)c1ccccc1)c1ccc(F)c(F)c1. The minimum absolute atomic E-state index is 0.177. The molecule has 2 aromatic rings. The van der Waals surface area contributed by atoms with E-state index in [9.17, 15) is 13.9 Å². The molecule has 0 saturated carbocycles. The van der Waals surface area contributed by atoms with Gasteiger partial charge in [-0.25, -0.2) is 8.78 Å². The van der Waals surface area contributed by atoms with E-state index in [0.717, 1.165) is 11.6 Å². The van der Waals surface area contributed by atoms with Crippen molar-refractivity contribution >= 4 is 0 Å². The van der Waals surface area contributed by atoms with E-state index < -0.39 is 17.7 Å². The van der Waals surface area contributed by atoms with Crippen molar-refractivity contribution in [3.05, 3.63) is 71.3 Å². The summed E-state index contributed by atoms with van der Waals surface area (Å²) in [6.07, 6.45) is -0.635. The molecule has 2 aromatic carbocycles. The number of hydrogen-bond donors (Lipinski definition) is 2. The van der Waals surface area contributed by atoms with Crippen LogP contribution < -0.4 is 5.32 Å². The standard InChI is InChI=1S/C16H17F2NO/c1-11(13-7-8-14(17)15(18)9-13)19-10-16(20)12-5-3-2-4-6-12/h2-9,11,16,19-20H,10H2,1H3. The normalized spacial score (nSPS) is 14.0. The van der Waals surface area contributed by atoms with Crippen molar-refractivity contribution in [3.63, 3.8) is 0 Å². The van der Waals surface area contributed by atoms with Crippen molar-refractivity contribution in [3.8, 4) is 0 Å². The zero-order valence-electron chi connectivity index (χ0n) is 11.2. The number of nitrogens with one attached hydrogen (secondary N) is 1. The van der Waals surface area contributed by atoms with E-state index in [1.807, 2.05) is 37.3 Å². The molecular weight excluding hydrogens is 260 g/mol. The van der Waals surface area contributed by atoms with Gasteiger partial charge in [-0.15, -0.1) is 0 Å². The lowest BCUT2D eigenvalue weighted by Crippen LogP contribution is -2.24. The van der Waals surface area contributed by atoms with E-state index in [4.69, 9.17) is 0 Å². The number of aliphatic hydroxyl groups is 1. The highest BCUT2D eigenvalue weighted by molar-refractivity contribution is 5.21. The molecule has 0 amide bonds. The van der Waals surface area contributed by atoms with Gasteiger partial charge in [-0.3, -0.25) is 0 Å². The average molecular weight is 277 g/mol. The fourth-order valence-electron chi connectivity index (χ4n) is 1.98. The van der Waals surface area contributed by atoms with Gasteiger partial charge in [0.2, 0.25) is 0 Å². The Morgan fingerprint density at radius 2 is 1.70 bits per heavy atom. The van der Waals surface area contributed by atoms with Gasteiger partial charge in [0.05, 0.1) is 6.10 Å². The molecule has 0 saturated heterocycles. The van der Waals surface area contributed by atoms with Gasteiger partial charge >= 0.3 is 0 Å². The molecule has 0 aliphatic rings. The second-order valence-corrected chi connectivity index (χ2v) is 4.73. The van der Waals surface area contributed by atoms with Crippen molar-refractivity contribution in [1.29, 1.82) is 0 Å². The molecule has 2 rings (SSSR count). The van der Waals surface area contributed by atoms with Gasteiger partial charge in [-0.2, -0.15) is 0 Å². The smallest absolute Gasteiger partial charge is 0.159 e. The number of rotatable bonds is 5. The van der Waals surface area contributed by atoms with Crippen molar-refractivity contribution in [2.45, 2.75) is 19.1 Å². The van der Waals surface area contributed by atoms with E-state index >= 15 is 0 Å². The zero-order valence-corrected chi connectivity index (χ0v) is 11.2. The summed E-state index contributed by atoms with van der Waals surface area (Å²) in [5.74, 6) is -1.72. The molecule has 2 atom stereocenters. The molecule has 0 aliphatic heterocycles. The summed E-state index contributed by atoms with van der Waals surface area (Å²) in [5.41, 5.74) is 1.46. The lowest BCUT2D eigenvalue weighted by molar-refractivity contribution is 0.171. The first kappa shape index (κ1) is 14.6. The van der Waals surface area contributed by atoms with Gasteiger partial charge in [0, 0.05) is 12.6 Å². The van der Waals surface area contributed by atoms with Gasteiger partial charge in [0.1, 0.15) is 0 Å². The monoisotopic (exact) mass is 277 g/mol. The van der Waals surface area contributed by atoms with Crippen LogP contribution in [-0.4, -0.2) is 11.7 Å². The third-order valence-corrected chi connectivity index (χ3v) is 3.25. The van der Waals surface area contributed by atoms with E-state index in [1.165, 1.54) is 12.1 Å². The van der Waals surface area contributed by atoms with E-state index in [0.29, 0.717) is 12.1 Å². The second-order valence-electron chi connectivity index (χ2n) is 4.73. The maximum atomic E-state index is 13.2. The predicted molar refractivity (Wildman–Crippen MR) is 74.2 cm³/mol. The van der Waals surface area contributed by atoms with Crippen LogP contribution in [0.15, 0.2) is 48.5 Å². The number of aliphatic hydroxyl groups excluding tert-OH is 1. The quantitative estimate of drug-likeness (QED) is 0.878. The van der Waals surface area contributed by atoms with Crippen molar-refractivity contribution in [2.75, 3.05) is 6.54 Å². The van der Waals surface area contributed by atoms with Crippen LogP contribution in [0.1, 0.15) is 30.2 Å².